The first kappa shape index (κ1) is 14.3. The Labute approximate surface area is 118 Å². The highest BCUT2D eigenvalue weighted by Gasteiger charge is 2.13. The van der Waals surface area contributed by atoms with Crippen molar-refractivity contribution in [1.82, 2.24) is 4.98 Å². The second-order valence-corrected chi connectivity index (χ2v) is 6.15. The van der Waals surface area contributed by atoms with Gasteiger partial charge in [-0.05, 0) is 18.6 Å². The Morgan fingerprint density at radius 3 is 2.75 bits per heavy atom. The molecule has 0 aliphatic carbocycles. The Bertz CT molecular complexity index is 699. The zero-order chi connectivity index (χ0) is 14.6. The largest absolute Gasteiger partial charge is 0.497 e. The second-order valence-electron chi connectivity index (χ2n) is 4.43. The van der Waals surface area contributed by atoms with Crippen LogP contribution in [0.1, 0.15) is 11.1 Å². The number of methoxy groups -OCH3 is 1. The Morgan fingerprint density at radius 1 is 1.25 bits per heavy atom. The SMILES string of the molecule is COc1ccnc(NS(=O)(=O)Cc2cccc(C)c2)c1. The predicted octanol–water partition coefficient (Wildman–Crippen LogP) is 2.34. The van der Waals surface area contributed by atoms with E-state index in [2.05, 4.69) is 9.71 Å². The number of benzene rings is 1. The third-order valence-corrected chi connectivity index (χ3v) is 3.90. The number of sulfonamides is 1. The van der Waals surface area contributed by atoms with Crippen molar-refractivity contribution in [3.05, 3.63) is 53.7 Å². The number of hydrogen-bond donors (Lipinski definition) is 1. The van der Waals surface area contributed by atoms with E-state index in [9.17, 15) is 8.42 Å². The first-order valence-corrected chi connectivity index (χ1v) is 7.70. The van der Waals surface area contributed by atoms with E-state index in [-0.39, 0.29) is 11.6 Å². The van der Waals surface area contributed by atoms with Gasteiger partial charge in [-0.2, -0.15) is 0 Å². The molecule has 2 aromatic rings. The molecular formula is C14H16N2O3S. The quantitative estimate of drug-likeness (QED) is 0.918. The monoisotopic (exact) mass is 292 g/mol. The lowest BCUT2D eigenvalue weighted by atomic mass is 10.2. The number of hydrogen-bond acceptors (Lipinski definition) is 4. The number of aryl methyl sites for hydroxylation is 1. The van der Waals surface area contributed by atoms with Gasteiger partial charge in [-0.25, -0.2) is 13.4 Å². The predicted molar refractivity (Wildman–Crippen MR) is 78.2 cm³/mol. The normalized spacial score (nSPS) is 11.1. The fourth-order valence-corrected chi connectivity index (χ4v) is 2.93. The number of rotatable bonds is 5. The van der Waals surface area contributed by atoms with Gasteiger partial charge >= 0.3 is 0 Å². The summed E-state index contributed by atoms with van der Waals surface area (Å²) in [6.45, 7) is 1.92. The Kier molecular flexibility index (Phi) is 4.24. The Hall–Kier alpha value is -2.08. The molecule has 1 N–H and O–H groups in total. The van der Waals surface area contributed by atoms with Crippen LogP contribution in [0.3, 0.4) is 0 Å². The van der Waals surface area contributed by atoms with Crippen molar-refractivity contribution in [3.8, 4) is 5.75 Å². The van der Waals surface area contributed by atoms with Gasteiger partial charge in [0.25, 0.3) is 0 Å². The third kappa shape index (κ3) is 3.96. The molecule has 0 unspecified atom stereocenters. The molecule has 2 rings (SSSR count). The van der Waals surface area contributed by atoms with E-state index in [4.69, 9.17) is 4.74 Å². The average Bonchev–Trinajstić information content (AvgIpc) is 2.37. The smallest absolute Gasteiger partial charge is 0.238 e. The van der Waals surface area contributed by atoms with Crippen molar-refractivity contribution in [2.24, 2.45) is 0 Å². The highest BCUT2D eigenvalue weighted by molar-refractivity contribution is 7.91. The summed E-state index contributed by atoms with van der Waals surface area (Å²) < 4.78 is 31.6. The third-order valence-electron chi connectivity index (χ3n) is 2.67. The van der Waals surface area contributed by atoms with Crippen molar-refractivity contribution >= 4 is 15.8 Å². The van der Waals surface area contributed by atoms with Crippen LogP contribution >= 0.6 is 0 Å². The van der Waals surface area contributed by atoms with Crippen molar-refractivity contribution < 1.29 is 13.2 Å². The highest BCUT2D eigenvalue weighted by Crippen LogP contribution is 2.16. The molecule has 6 heteroatoms. The molecular weight excluding hydrogens is 276 g/mol. The molecule has 0 aliphatic rings. The Balaban J connectivity index is 2.14. The van der Waals surface area contributed by atoms with Crippen LogP contribution < -0.4 is 9.46 Å². The minimum Gasteiger partial charge on any atom is -0.497 e. The van der Waals surface area contributed by atoms with Gasteiger partial charge in [0, 0.05) is 12.3 Å². The summed E-state index contributed by atoms with van der Waals surface area (Å²) in [5.41, 5.74) is 1.76. The summed E-state index contributed by atoms with van der Waals surface area (Å²) >= 11 is 0. The summed E-state index contributed by atoms with van der Waals surface area (Å²) in [6, 6.07) is 10.6. The molecule has 1 heterocycles. The molecule has 0 amide bonds. The highest BCUT2D eigenvalue weighted by atomic mass is 32.2. The molecule has 1 aromatic carbocycles. The zero-order valence-electron chi connectivity index (χ0n) is 11.3. The molecule has 0 saturated heterocycles. The van der Waals surface area contributed by atoms with E-state index >= 15 is 0 Å². The van der Waals surface area contributed by atoms with Crippen LogP contribution in [0.25, 0.3) is 0 Å². The van der Waals surface area contributed by atoms with E-state index in [0.29, 0.717) is 5.75 Å². The van der Waals surface area contributed by atoms with Crippen molar-refractivity contribution in [2.45, 2.75) is 12.7 Å². The summed E-state index contributed by atoms with van der Waals surface area (Å²) in [7, 11) is -1.98. The first-order valence-electron chi connectivity index (χ1n) is 6.04. The molecule has 5 nitrogen and oxygen atoms in total. The maximum absolute atomic E-state index is 12.1. The molecule has 0 saturated carbocycles. The minimum atomic E-state index is -3.50. The van der Waals surface area contributed by atoms with Gasteiger partial charge in [-0.3, -0.25) is 4.72 Å². The summed E-state index contributed by atoms with van der Waals surface area (Å²) in [5.74, 6) is 0.707. The summed E-state index contributed by atoms with van der Waals surface area (Å²) in [6.07, 6.45) is 1.49. The summed E-state index contributed by atoms with van der Waals surface area (Å²) in [5, 5.41) is 0. The van der Waals surface area contributed by atoms with Gasteiger partial charge in [-0.15, -0.1) is 0 Å². The average molecular weight is 292 g/mol. The van der Waals surface area contributed by atoms with Crippen LogP contribution in [0.5, 0.6) is 5.75 Å². The number of aromatic nitrogens is 1. The van der Waals surface area contributed by atoms with Gasteiger partial charge in [0.05, 0.1) is 12.9 Å². The lowest BCUT2D eigenvalue weighted by Crippen LogP contribution is -2.16. The van der Waals surface area contributed by atoms with Gasteiger partial charge in [-0.1, -0.05) is 29.8 Å². The molecule has 0 bridgehead atoms. The number of anilines is 1. The van der Waals surface area contributed by atoms with E-state index in [1.807, 2.05) is 25.1 Å². The van der Waals surface area contributed by atoms with Crippen molar-refractivity contribution in [1.29, 1.82) is 0 Å². The van der Waals surface area contributed by atoms with E-state index in [1.54, 1.807) is 12.1 Å². The number of nitrogens with one attached hydrogen (secondary N) is 1. The maximum atomic E-state index is 12.1. The molecule has 0 aliphatic heterocycles. The number of pyridine rings is 1. The topological polar surface area (TPSA) is 68.3 Å². The van der Waals surface area contributed by atoms with Crippen LogP contribution in [0.4, 0.5) is 5.82 Å². The lowest BCUT2D eigenvalue weighted by Gasteiger charge is -2.08. The molecule has 0 atom stereocenters. The first-order chi connectivity index (χ1) is 9.48. The number of nitrogens with zero attached hydrogens (tertiary/aromatic N) is 1. The molecule has 0 spiro atoms. The standard InChI is InChI=1S/C14H16N2O3S/c1-11-4-3-5-12(8-11)10-20(17,18)16-14-9-13(19-2)6-7-15-14/h3-9H,10H2,1-2H3,(H,15,16). The molecule has 106 valence electrons. The fraction of sp³-hybridized carbons (Fsp3) is 0.214. The van der Waals surface area contributed by atoms with Crippen LogP contribution in [-0.4, -0.2) is 20.5 Å². The fourth-order valence-electron chi connectivity index (χ4n) is 1.81. The van der Waals surface area contributed by atoms with E-state index < -0.39 is 10.0 Å². The van der Waals surface area contributed by atoms with Crippen molar-refractivity contribution in [3.63, 3.8) is 0 Å². The van der Waals surface area contributed by atoms with Crippen molar-refractivity contribution in [2.75, 3.05) is 11.8 Å². The molecule has 20 heavy (non-hydrogen) atoms. The van der Waals surface area contributed by atoms with Crippen LogP contribution in [0.2, 0.25) is 0 Å². The van der Waals surface area contributed by atoms with Crippen LogP contribution in [-0.2, 0) is 15.8 Å². The van der Waals surface area contributed by atoms with Crippen LogP contribution in [0.15, 0.2) is 42.6 Å². The van der Waals surface area contributed by atoms with E-state index in [1.165, 1.54) is 19.4 Å². The second kappa shape index (κ2) is 5.92. The lowest BCUT2D eigenvalue weighted by molar-refractivity contribution is 0.414. The number of ether oxygens (including phenoxy) is 1. The van der Waals surface area contributed by atoms with Gasteiger partial charge < -0.3 is 4.74 Å². The van der Waals surface area contributed by atoms with Gasteiger partial charge in [0.15, 0.2) is 0 Å². The van der Waals surface area contributed by atoms with Gasteiger partial charge in [0.2, 0.25) is 10.0 Å². The maximum Gasteiger partial charge on any atom is 0.238 e. The zero-order valence-corrected chi connectivity index (χ0v) is 12.1. The molecule has 1 aromatic heterocycles. The van der Waals surface area contributed by atoms with E-state index in [0.717, 1.165) is 11.1 Å². The van der Waals surface area contributed by atoms with Crippen LogP contribution in [0, 0.1) is 6.92 Å². The Morgan fingerprint density at radius 2 is 2.05 bits per heavy atom. The summed E-state index contributed by atoms with van der Waals surface area (Å²) in [4.78, 5) is 3.96. The molecule has 0 fully saturated rings. The van der Waals surface area contributed by atoms with Gasteiger partial charge in [0.1, 0.15) is 11.6 Å². The molecule has 0 radical (unpaired) electrons. The minimum absolute atomic E-state index is 0.0897.